The molecule has 9 heteroatoms. The van der Waals surface area contributed by atoms with Gasteiger partial charge in [0.2, 0.25) is 10.0 Å². The maximum atomic E-state index is 13.1. The number of piperidine rings is 1. The van der Waals surface area contributed by atoms with Crippen LogP contribution in [0.1, 0.15) is 47.0 Å². The maximum absolute atomic E-state index is 13.1. The van der Waals surface area contributed by atoms with Crippen LogP contribution in [0.5, 0.6) is 5.75 Å². The SMILES string of the molecule is CC.CC.COc1ccc(S(=O)(=O)N2CC3(CCNCC3)CC2C(=O)N=O)cc1. The molecule has 3 rings (SSSR count). The van der Waals surface area contributed by atoms with E-state index in [9.17, 15) is 18.1 Å². The van der Waals surface area contributed by atoms with Crippen LogP contribution in [0.15, 0.2) is 34.3 Å². The fraction of sp³-hybridized carbons (Fsp3) is 0.650. The normalized spacial score (nSPS) is 20.7. The molecule has 29 heavy (non-hydrogen) atoms. The maximum Gasteiger partial charge on any atom is 0.304 e. The molecule has 0 saturated carbocycles. The van der Waals surface area contributed by atoms with Crippen molar-refractivity contribution in [3.8, 4) is 5.75 Å². The number of hydrogen-bond donors (Lipinski definition) is 1. The summed E-state index contributed by atoms with van der Waals surface area (Å²) < 4.78 is 32.3. The number of nitrogens with one attached hydrogen (secondary N) is 1. The number of nitrogens with zero attached hydrogens (tertiary/aromatic N) is 2. The highest BCUT2D eigenvalue weighted by atomic mass is 32.2. The average Bonchev–Trinajstić information content (AvgIpc) is 3.16. The molecule has 2 fully saturated rings. The Morgan fingerprint density at radius 3 is 2.17 bits per heavy atom. The van der Waals surface area contributed by atoms with Crippen LogP contribution in [0.2, 0.25) is 0 Å². The van der Waals surface area contributed by atoms with Gasteiger partial charge in [-0.15, -0.1) is 4.91 Å². The molecule has 1 aromatic carbocycles. The Balaban J connectivity index is 0.000000989. The molecule has 1 aromatic rings. The van der Waals surface area contributed by atoms with Crippen molar-refractivity contribution in [2.24, 2.45) is 10.6 Å². The Hall–Kier alpha value is -1.84. The van der Waals surface area contributed by atoms with Gasteiger partial charge in [-0.25, -0.2) is 8.42 Å². The van der Waals surface area contributed by atoms with Crippen molar-refractivity contribution in [1.82, 2.24) is 9.62 Å². The monoisotopic (exact) mass is 427 g/mol. The number of carbonyl (C=O) groups is 1. The summed E-state index contributed by atoms with van der Waals surface area (Å²) in [5.74, 6) is -0.384. The first-order valence-corrected chi connectivity index (χ1v) is 11.6. The third-order valence-corrected chi connectivity index (χ3v) is 7.04. The largest absolute Gasteiger partial charge is 0.497 e. The summed E-state index contributed by atoms with van der Waals surface area (Å²) in [6, 6.07) is 4.97. The van der Waals surface area contributed by atoms with Crippen LogP contribution in [0.3, 0.4) is 0 Å². The Morgan fingerprint density at radius 2 is 1.69 bits per heavy atom. The minimum absolute atomic E-state index is 0.0722. The third kappa shape index (κ3) is 5.61. The van der Waals surface area contributed by atoms with Gasteiger partial charge >= 0.3 is 5.91 Å². The number of ether oxygens (including phenoxy) is 1. The van der Waals surface area contributed by atoms with Crippen molar-refractivity contribution in [2.75, 3.05) is 26.7 Å². The lowest BCUT2D eigenvalue weighted by Gasteiger charge is -2.33. The van der Waals surface area contributed by atoms with Gasteiger partial charge in [0.1, 0.15) is 11.8 Å². The van der Waals surface area contributed by atoms with Crippen LogP contribution in [0.25, 0.3) is 0 Å². The smallest absolute Gasteiger partial charge is 0.304 e. The molecule has 0 aromatic heterocycles. The number of sulfonamides is 1. The van der Waals surface area contributed by atoms with Crippen molar-refractivity contribution >= 4 is 15.9 Å². The molecule has 2 heterocycles. The van der Waals surface area contributed by atoms with Crippen molar-refractivity contribution < 1.29 is 17.9 Å². The Morgan fingerprint density at radius 1 is 1.14 bits per heavy atom. The molecule has 8 nitrogen and oxygen atoms in total. The molecule has 2 saturated heterocycles. The van der Waals surface area contributed by atoms with E-state index in [0.717, 1.165) is 30.2 Å². The highest BCUT2D eigenvalue weighted by Crippen LogP contribution is 2.44. The van der Waals surface area contributed by atoms with Gasteiger partial charge in [-0.2, -0.15) is 4.31 Å². The Labute approximate surface area is 174 Å². The summed E-state index contributed by atoms with van der Waals surface area (Å²) in [7, 11) is -2.41. The lowest BCUT2D eigenvalue weighted by molar-refractivity contribution is -0.121. The number of amides is 1. The number of benzene rings is 1. The predicted octanol–water partition coefficient (Wildman–Crippen LogP) is 3.17. The van der Waals surface area contributed by atoms with E-state index in [1.807, 2.05) is 27.7 Å². The molecule has 1 unspecified atom stereocenters. The van der Waals surface area contributed by atoms with E-state index in [1.54, 1.807) is 12.1 Å². The zero-order chi connectivity index (χ0) is 22.1. The highest BCUT2D eigenvalue weighted by molar-refractivity contribution is 7.89. The fourth-order valence-electron chi connectivity index (χ4n) is 3.74. The zero-order valence-electron chi connectivity index (χ0n) is 18.0. The Kier molecular flexibility index (Phi) is 9.88. The first kappa shape index (κ1) is 25.2. The standard InChI is InChI=1S/C16H21N3O5S.2C2H6/c1-24-12-2-4-13(5-3-12)25(22,23)19-11-16(6-8-17-9-7-16)10-14(19)15(20)18-21;2*1-2/h2-5,14,17H,6-11H2,1H3;2*1-2H3. The summed E-state index contributed by atoms with van der Waals surface area (Å²) in [4.78, 5) is 22.9. The molecule has 1 amide bonds. The Bertz CT molecular complexity index is 759. The van der Waals surface area contributed by atoms with Crippen LogP contribution in [-0.4, -0.2) is 51.4 Å². The second-order valence-corrected chi connectivity index (χ2v) is 8.52. The molecule has 2 aliphatic rings. The minimum atomic E-state index is -3.91. The highest BCUT2D eigenvalue weighted by Gasteiger charge is 2.52. The third-order valence-electron chi connectivity index (χ3n) is 5.17. The fourth-order valence-corrected chi connectivity index (χ4v) is 5.44. The van der Waals surface area contributed by atoms with Crippen LogP contribution in [0.4, 0.5) is 0 Å². The minimum Gasteiger partial charge on any atom is -0.497 e. The quantitative estimate of drug-likeness (QED) is 0.740. The van der Waals surface area contributed by atoms with Crippen LogP contribution in [-0.2, 0) is 14.8 Å². The number of hydrogen-bond acceptors (Lipinski definition) is 6. The van der Waals surface area contributed by atoms with E-state index in [1.165, 1.54) is 19.2 Å². The number of carbonyl (C=O) groups excluding carboxylic acids is 1. The van der Waals surface area contributed by atoms with Crippen molar-refractivity contribution in [3.05, 3.63) is 29.2 Å². The number of rotatable bonds is 4. The summed E-state index contributed by atoms with van der Waals surface area (Å²) in [6.45, 7) is 9.77. The van der Waals surface area contributed by atoms with E-state index in [2.05, 4.69) is 10.5 Å². The number of nitroso groups, excluding NO2 is 1. The summed E-state index contributed by atoms with van der Waals surface area (Å²) in [5, 5.41) is 5.74. The number of methoxy groups -OCH3 is 1. The van der Waals surface area contributed by atoms with Crippen molar-refractivity contribution in [2.45, 2.75) is 57.9 Å². The molecule has 2 aliphatic heterocycles. The summed E-state index contributed by atoms with van der Waals surface area (Å²) in [5.41, 5.74) is -0.282. The molecule has 0 radical (unpaired) electrons. The topological polar surface area (TPSA) is 105 Å². The van der Waals surface area contributed by atoms with Crippen LogP contribution in [0, 0.1) is 10.3 Å². The van der Waals surface area contributed by atoms with E-state index < -0.39 is 22.0 Å². The lowest BCUT2D eigenvalue weighted by atomic mass is 9.77. The molecular weight excluding hydrogens is 394 g/mol. The van der Waals surface area contributed by atoms with Gasteiger partial charge < -0.3 is 10.1 Å². The second-order valence-electron chi connectivity index (χ2n) is 6.63. The average molecular weight is 428 g/mol. The van der Waals surface area contributed by atoms with Gasteiger partial charge in [0.15, 0.2) is 0 Å². The van der Waals surface area contributed by atoms with Crippen molar-refractivity contribution in [3.63, 3.8) is 0 Å². The summed E-state index contributed by atoms with van der Waals surface area (Å²) >= 11 is 0. The lowest BCUT2D eigenvalue weighted by Crippen LogP contribution is -2.41. The van der Waals surface area contributed by atoms with E-state index in [4.69, 9.17) is 4.74 Å². The predicted molar refractivity (Wildman–Crippen MR) is 113 cm³/mol. The van der Waals surface area contributed by atoms with Gasteiger partial charge in [-0.3, -0.25) is 4.79 Å². The zero-order valence-corrected chi connectivity index (χ0v) is 18.8. The molecule has 1 atom stereocenters. The van der Waals surface area contributed by atoms with Gasteiger partial charge in [-0.05, 0) is 62.0 Å². The van der Waals surface area contributed by atoms with Gasteiger partial charge in [0.05, 0.1) is 12.0 Å². The van der Waals surface area contributed by atoms with E-state index >= 15 is 0 Å². The van der Waals surface area contributed by atoms with Gasteiger partial charge in [0, 0.05) is 11.7 Å². The van der Waals surface area contributed by atoms with E-state index in [0.29, 0.717) is 12.2 Å². The first-order valence-electron chi connectivity index (χ1n) is 10.2. The molecule has 164 valence electrons. The van der Waals surface area contributed by atoms with Crippen molar-refractivity contribution in [1.29, 1.82) is 0 Å². The van der Waals surface area contributed by atoms with Crippen LogP contribution < -0.4 is 10.1 Å². The molecule has 0 aliphatic carbocycles. The van der Waals surface area contributed by atoms with Gasteiger partial charge in [0.25, 0.3) is 0 Å². The first-order chi connectivity index (χ1) is 13.9. The van der Waals surface area contributed by atoms with Crippen LogP contribution >= 0.6 is 0 Å². The molecule has 1 N–H and O–H groups in total. The van der Waals surface area contributed by atoms with E-state index in [-0.39, 0.29) is 16.9 Å². The van der Waals surface area contributed by atoms with Gasteiger partial charge in [-0.1, -0.05) is 27.7 Å². The molecule has 0 bridgehead atoms. The summed E-state index contributed by atoms with van der Waals surface area (Å²) in [6.07, 6.45) is 1.88. The second kappa shape index (κ2) is 11.4. The molecular formula is C20H33N3O5S. The molecule has 1 spiro atoms.